The van der Waals surface area contributed by atoms with Gasteiger partial charge < -0.3 is 9.47 Å². The van der Waals surface area contributed by atoms with Crippen LogP contribution in [0.2, 0.25) is 0 Å². The Morgan fingerprint density at radius 2 is 1.75 bits per heavy atom. The summed E-state index contributed by atoms with van der Waals surface area (Å²) in [6, 6.07) is 10.8. The Hall–Kier alpha value is -3.13. The third-order valence-electron chi connectivity index (χ3n) is 5.04. The zero-order chi connectivity index (χ0) is 23.5. The molecule has 1 aromatic heterocycles. The van der Waals surface area contributed by atoms with Crippen LogP contribution in [0, 0.1) is 12.7 Å². The van der Waals surface area contributed by atoms with Gasteiger partial charge in [0.25, 0.3) is 0 Å². The summed E-state index contributed by atoms with van der Waals surface area (Å²) in [5.41, 5.74) is 3.35. The van der Waals surface area contributed by atoms with Gasteiger partial charge in [0.15, 0.2) is 9.84 Å². The van der Waals surface area contributed by atoms with E-state index in [1.807, 2.05) is 13.8 Å². The van der Waals surface area contributed by atoms with E-state index >= 15 is 0 Å². The zero-order valence-electron chi connectivity index (χ0n) is 18.5. The van der Waals surface area contributed by atoms with Crippen molar-refractivity contribution in [3.63, 3.8) is 0 Å². The van der Waals surface area contributed by atoms with Gasteiger partial charge in [0.2, 0.25) is 5.88 Å². The number of benzene rings is 2. The number of hydrogen-bond donors (Lipinski definition) is 0. The Kier molecular flexibility index (Phi) is 7.03. The van der Waals surface area contributed by atoms with Crippen LogP contribution in [0.3, 0.4) is 0 Å². The van der Waals surface area contributed by atoms with Crippen molar-refractivity contribution in [2.24, 2.45) is 0 Å². The highest BCUT2D eigenvalue weighted by Crippen LogP contribution is 2.35. The maximum atomic E-state index is 13.5. The maximum Gasteiger partial charge on any atom is 0.310 e. The fourth-order valence-corrected chi connectivity index (χ4v) is 4.17. The summed E-state index contributed by atoms with van der Waals surface area (Å²) >= 11 is 0. The van der Waals surface area contributed by atoms with Crippen molar-refractivity contribution in [1.82, 2.24) is 4.57 Å². The van der Waals surface area contributed by atoms with E-state index in [4.69, 9.17) is 9.47 Å². The molecule has 0 aliphatic rings. The van der Waals surface area contributed by atoms with Gasteiger partial charge in [0.1, 0.15) is 5.82 Å². The van der Waals surface area contributed by atoms with Gasteiger partial charge in [-0.15, -0.1) is 0 Å². The van der Waals surface area contributed by atoms with Gasteiger partial charge in [0.05, 0.1) is 30.2 Å². The molecule has 1 heterocycles. The van der Waals surface area contributed by atoms with E-state index in [1.165, 1.54) is 12.1 Å². The first-order valence-corrected chi connectivity index (χ1v) is 12.1. The number of sulfone groups is 1. The minimum Gasteiger partial charge on any atom is -0.479 e. The van der Waals surface area contributed by atoms with Crippen molar-refractivity contribution in [3.05, 3.63) is 65.6 Å². The van der Waals surface area contributed by atoms with Crippen LogP contribution in [-0.4, -0.2) is 38.4 Å². The Labute approximate surface area is 187 Å². The van der Waals surface area contributed by atoms with Crippen LogP contribution in [0.15, 0.2) is 53.6 Å². The average Bonchev–Trinajstić information content (AvgIpc) is 3.10. The van der Waals surface area contributed by atoms with E-state index in [9.17, 15) is 17.6 Å². The first-order chi connectivity index (χ1) is 15.2. The van der Waals surface area contributed by atoms with Gasteiger partial charge in [-0.3, -0.25) is 9.36 Å². The van der Waals surface area contributed by atoms with Crippen molar-refractivity contribution >= 4 is 15.8 Å². The van der Waals surface area contributed by atoms with Crippen molar-refractivity contribution < 1.29 is 27.1 Å². The minimum atomic E-state index is -3.54. The lowest BCUT2D eigenvalue weighted by Gasteiger charge is -2.18. The van der Waals surface area contributed by atoms with Gasteiger partial charge in [-0.05, 0) is 67.8 Å². The first kappa shape index (κ1) is 23.5. The summed E-state index contributed by atoms with van der Waals surface area (Å²) in [6.45, 7) is 6.06. The number of ether oxygens (including phenoxy) is 2. The molecule has 6 nitrogen and oxygen atoms in total. The lowest BCUT2D eigenvalue weighted by atomic mass is 9.99. The minimum absolute atomic E-state index is 0.0335. The molecular formula is C24H26FNO5S. The topological polar surface area (TPSA) is 74.6 Å². The summed E-state index contributed by atoms with van der Waals surface area (Å²) in [4.78, 5) is 12.2. The Morgan fingerprint density at radius 3 is 2.34 bits per heavy atom. The quantitative estimate of drug-likeness (QED) is 0.464. The summed E-state index contributed by atoms with van der Waals surface area (Å²) in [5, 5.41) is 0. The number of aromatic nitrogens is 1. The number of nitrogens with zero attached hydrogens (tertiary/aromatic N) is 1. The van der Waals surface area contributed by atoms with Gasteiger partial charge in [-0.1, -0.05) is 12.1 Å². The molecule has 170 valence electrons. The molecule has 0 fully saturated rings. The molecule has 8 heteroatoms. The molecule has 0 spiro atoms. The molecule has 0 aliphatic carbocycles. The molecule has 0 amide bonds. The molecule has 0 bridgehead atoms. The second kappa shape index (κ2) is 9.56. The average molecular weight is 460 g/mol. The van der Waals surface area contributed by atoms with Crippen molar-refractivity contribution in [2.45, 2.75) is 32.1 Å². The normalized spacial score (nSPS) is 11.4. The van der Waals surface area contributed by atoms with E-state index in [0.717, 1.165) is 11.8 Å². The van der Waals surface area contributed by atoms with E-state index in [1.54, 1.807) is 48.0 Å². The lowest BCUT2D eigenvalue weighted by molar-refractivity contribution is -0.142. The molecule has 0 atom stereocenters. The summed E-state index contributed by atoms with van der Waals surface area (Å²) in [7, 11) is -3.54. The van der Waals surface area contributed by atoms with Crippen LogP contribution in [0.5, 0.6) is 5.88 Å². The number of rotatable bonds is 8. The molecule has 0 saturated carbocycles. The summed E-state index contributed by atoms with van der Waals surface area (Å²) in [5.74, 6) is -0.308. The summed E-state index contributed by atoms with van der Waals surface area (Å²) < 4.78 is 51.0. The molecule has 32 heavy (non-hydrogen) atoms. The number of esters is 1. The Balaban J connectivity index is 2.23. The molecule has 3 rings (SSSR count). The standard InChI is InChI=1S/C24H26FNO5S/c1-5-30-23(27)13-18-11-12-26(24(18)31-6-2)22-15-20(32(4,28)29)14-21(16(22)3)17-7-9-19(25)10-8-17/h7-12,14-15H,5-6,13H2,1-4H3. The molecular weight excluding hydrogens is 433 g/mol. The number of carbonyl (C=O) groups excluding carboxylic acids is 1. The summed E-state index contributed by atoms with van der Waals surface area (Å²) in [6.07, 6.45) is 2.91. The fourth-order valence-electron chi connectivity index (χ4n) is 3.52. The molecule has 0 unspecified atom stereocenters. The maximum absolute atomic E-state index is 13.5. The zero-order valence-corrected chi connectivity index (χ0v) is 19.3. The fraction of sp³-hybridized carbons (Fsp3) is 0.292. The number of halogens is 1. The van der Waals surface area contributed by atoms with E-state index in [2.05, 4.69) is 0 Å². The predicted octanol–water partition coefficient (Wildman–Crippen LogP) is 4.50. The largest absolute Gasteiger partial charge is 0.479 e. The highest BCUT2D eigenvalue weighted by atomic mass is 32.2. The Bertz CT molecular complexity index is 1230. The van der Waals surface area contributed by atoms with Crippen LogP contribution in [0.1, 0.15) is 25.0 Å². The molecule has 0 N–H and O–H groups in total. The van der Waals surface area contributed by atoms with Crippen molar-refractivity contribution in [3.8, 4) is 22.7 Å². The van der Waals surface area contributed by atoms with Gasteiger partial charge in [0, 0.05) is 18.0 Å². The van der Waals surface area contributed by atoms with Gasteiger partial charge >= 0.3 is 5.97 Å². The van der Waals surface area contributed by atoms with Crippen LogP contribution < -0.4 is 4.74 Å². The monoisotopic (exact) mass is 459 g/mol. The highest BCUT2D eigenvalue weighted by Gasteiger charge is 2.21. The van der Waals surface area contributed by atoms with Crippen molar-refractivity contribution in [2.75, 3.05) is 19.5 Å². The third-order valence-corrected chi connectivity index (χ3v) is 6.13. The number of hydrogen-bond acceptors (Lipinski definition) is 5. The van der Waals surface area contributed by atoms with Crippen molar-refractivity contribution in [1.29, 1.82) is 0 Å². The van der Waals surface area contributed by atoms with E-state index in [0.29, 0.717) is 34.9 Å². The Morgan fingerprint density at radius 1 is 1.06 bits per heavy atom. The highest BCUT2D eigenvalue weighted by molar-refractivity contribution is 7.90. The molecule has 2 aromatic carbocycles. The number of carbonyl (C=O) groups is 1. The lowest BCUT2D eigenvalue weighted by Crippen LogP contribution is -2.10. The van der Waals surface area contributed by atoms with Gasteiger partial charge in [-0.25, -0.2) is 12.8 Å². The predicted molar refractivity (Wildman–Crippen MR) is 121 cm³/mol. The SMILES string of the molecule is CCOC(=O)Cc1ccn(-c2cc(S(C)(=O)=O)cc(-c3ccc(F)cc3)c2C)c1OCC. The second-order valence-electron chi connectivity index (χ2n) is 7.32. The second-order valence-corrected chi connectivity index (χ2v) is 9.34. The first-order valence-electron chi connectivity index (χ1n) is 10.2. The molecule has 0 radical (unpaired) electrons. The molecule has 3 aromatic rings. The molecule has 0 saturated heterocycles. The van der Waals surface area contributed by atoms with Gasteiger partial charge in [-0.2, -0.15) is 0 Å². The van der Waals surface area contributed by atoms with E-state index in [-0.39, 0.29) is 29.7 Å². The van der Waals surface area contributed by atoms with Crippen LogP contribution in [0.25, 0.3) is 16.8 Å². The molecule has 0 aliphatic heterocycles. The van der Waals surface area contributed by atoms with Crippen LogP contribution in [-0.2, 0) is 25.8 Å². The van der Waals surface area contributed by atoms with Crippen LogP contribution in [0.4, 0.5) is 4.39 Å². The smallest absolute Gasteiger partial charge is 0.310 e. The van der Waals surface area contributed by atoms with Crippen LogP contribution >= 0.6 is 0 Å². The van der Waals surface area contributed by atoms with E-state index < -0.39 is 9.84 Å². The third kappa shape index (κ3) is 5.02.